The van der Waals surface area contributed by atoms with Crippen LogP contribution in [0.1, 0.15) is 5.56 Å². The summed E-state index contributed by atoms with van der Waals surface area (Å²) in [5.74, 6) is -0.0839. The number of nitrogens with zero attached hydrogens (tertiary/aromatic N) is 2. The van der Waals surface area contributed by atoms with Crippen LogP contribution in [0, 0.1) is 0 Å². The van der Waals surface area contributed by atoms with Crippen LogP contribution < -0.4 is 0 Å². The molecular weight excluding hydrogens is 305 g/mol. The van der Waals surface area contributed by atoms with Gasteiger partial charge in [0.2, 0.25) is 0 Å². The summed E-state index contributed by atoms with van der Waals surface area (Å²) in [5.41, 5.74) is -0.510. The van der Waals surface area contributed by atoms with Crippen molar-refractivity contribution in [1.82, 2.24) is 0 Å². The summed E-state index contributed by atoms with van der Waals surface area (Å²) < 4.78 is 38.1. The molecule has 6 heteroatoms. The van der Waals surface area contributed by atoms with E-state index in [1.807, 2.05) is 12.1 Å². The van der Waals surface area contributed by atoms with Crippen LogP contribution in [0.2, 0.25) is 0 Å². The lowest BCUT2D eigenvalue weighted by Gasteiger charge is -2.06. The topological polar surface area (TPSA) is 45.0 Å². The van der Waals surface area contributed by atoms with Crippen molar-refractivity contribution in [3.63, 3.8) is 0 Å². The number of benzene rings is 3. The number of aromatic hydroxyl groups is 1. The van der Waals surface area contributed by atoms with Gasteiger partial charge in [-0.3, -0.25) is 0 Å². The van der Waals surface area contributed by atoms with Crippen LogP contribution >= 0.6 is 0 Å². The molecule has 3 aromatic carbocycles. The molecule has 0 aliphatic carbocycles. The predicted molar refractivity (Wildman–Crippen MR) is 81.2 cm³/mol. The first-order valence-electron chi connectivity index (χ1n) is 6.75. The van der Waals surface area contributed by atoms with E-state index in [1.165, 1.54) is 18.2 Å². The summed E-state index contributed by atoms with van der Waals surface area (Å²) in [6.07, 6.45) is -4.44. The summed E-state index contributed by atoms with van der Waals surface area (Å²) in [6, 6.07) is 15.0. The Morgan fingerprint density at radius 2 is 1.61 bits per heavy atom. The van der Waals surface area contributed by atoms with Crippen molar-refractivity contribution < 1.29 is 18.3 Å². The second-order valence-electron chi connectivity index (χ2n) is 4.90. The molecule has 0 saturated heterocycles. The first-order chi connectivity index (χ1) is 10.9. The first-order valence-corrected chi connectivity index (χ1v) is 6.75. The maximum Gasteiger partial charge on any atom is 0.416 e. The summed E-state index contributed by atoms with van der Waals surface area (Å²) >= 11 is 0. The highest BCUT2D eigenvalue weighted by atomic mass is 19.4. The van der Waals surface area contributed by atoms with Crippen LogP contribution in [0.15, 0.2) is 70.9 Å². The number of alkyl halides is 3. The van der Waals surface area contributed by atoms with Gasteiger partial charge in [-0.15, -0.1) is 5.11 Å². The Kier molecular flexibility index (Phi) is 3.73. The molecule has 3 nitrogen and oxygen atoms in total. The van der Waals surface area contributed by atoms with Crippen molar-refractivity contribution in [1.29, 1.82) is 0 Å². The van der Waals surface area contributed by atoms with E-state index in [4.69, 9.17) is 0 Å². The van der Waals surface area contributed by atoms with Crippen molar-refractivity contribution >= 4 is 22.1 Å². The lowest BCUT2D eigenvalue weighted by Crippen LogP contribution is -2.03. The minimum Gasteiger partial charge on any atom is -0.506 e. The Balaban J connectivity index is 2.03. The molecule has 0 aromatic heterocycles. The predicted octanol–water partition coefficient (Wildman–Crippen LogP) is 5.98. The highest BCUT2D eigenvalue weighted by Gasteiger charge is 2.30. The van der Waals surface area contributed by atoms with Crippen LogP contribution in [0.4, 0.5) is 24.5 Å². The molecular formula is C17H11F3N2O. The summed E-state index contributed by atoms with van der Waals surface area (Å²) in [4.78, 5) is 0. The zero-order valence-corrected chi connectivity index (χ0v) is 11.7. The number of hydrogen-bond acceptors (Lipinski definition) is 3. The van der Waals surface area contributed by atoms with Gasteiger partial charge in [0.05, 0.1) is 11.3 Å². The van der Waals surface area contributed by atoms with E-state index >= 15 is 0 Å². The SMILES string of the molecule is Oc1ccc2ccccc2c1N=Nc1cccc(C(F)(F)F)c1. The molecule has 0 aliphatic rings. The van der Waals surface area contributed by atoms with Gasteiger partial charge in [-0.1, -0.05) is 36.4 Å². The number of fused-ring (bicyclic) bond motifs is 1. The second kappa shape index (κ2) is 5.72. The van der Waals surface area contributed by atoms with E-state index in [2.05, 4.69) is 10.2 Å². The molecule has 0 spiro atoms. The molecule has 0 unspecified atom stereocenters. The summed E-state index contributed by atoms with van der Waals surface area (Å²) in [6.45, 7) is 0. The van der Waals surface area contributed by atoms with Crippen molar-refractivity contribution in [3.05, 3.63) is 66.2 Å². The van der Waals surface area contributed by atoms with Gasteiger partial charge < -0.3 is 5.11 Å². The van der Waals surface area contributed by atoms with Gasteiger partial charge >= 0.3 is 6.18 Å². The fourth-order valence-electron chi connectivity index (χ4n) is 2.20. The molecule has 0 bridgehead atoms. The highest BCUT2D eigenvalue weighted by Crippen LogP contribution is 2.36. The lowest BCUT2D eigenvalue weighted by molar-refractivity contribution is -0.137. The average Bonchev–Trinajstić information content (AvgIpc) is 2.53. The summed E-state index contributed by atoms with van der Waals surface area (Å²) in [7, 11) is 0. The van der Waals surface area contributed by atoms with Crippen molar-refractivity contribution in [2.24, 2.45) is 10.2 Å². The van der Waals surface area contributed by atoms with Gasteiger partial charge in [-0.05, 0) is 29.7 Å². The molecule has 116 valence electrons. The summed E-state index contributed by atoms with van der Waals surface area (Å²) in [5, 5.41) is 19.2. The van der Waals surface area contributed by atoms with Gasteiger partial charge in [0.15, 0.2) is 0 Å². The molecule has 0 atom stereocenters. The minimum absolute atomic E-state index is 0.0622. The number of azo groups is 1. The second-order valence-corrected chi connectivity index (χ2v) is 4.90. The standard InChI is InChI=1S/C17H11F3N2O/c18-17(19,20)12-5-3-6-13(10-12)21-22-16-14-7-2-1-4-11(14)8-9-15(16)23/h1-10,23H. The van der Waals surface area contributed by atoms with E-state index in [0.717, 1.165) is 17.5 Å². The van der Waals surface area contributed by atoms with Gasteiger partial charge in [-0.2, -0.15) is 18.3 Å². The van der Waals surface area contributed by atoms with Gasteiger partial charge in [0.25, 0.3) is 0 Å². The normalized spacial score (nSPS) is 12.1. The molecule has 0 radical (unpaired) electrons. The fraction of sp³-hybridized carbons (Fsp3) is 0.0588. The molecule has 0 fully saturated rings. The average molecular weight is 316 g/mol. The number of phenolic OH excluding ortho intramolecular Hbond substituents is 1. The Hall–Kier alpha value is -2.89. The molecule has 23 heavy (non-hydrogen) atoms. The van der Waals surface area contributed by atoms with Gasteiger partial charge in [0, 0.05) is 5.39 Å². The quantitative estimate of drug-likeness (QED) is 0.581. The number of hydrogen-bond donors (Lipinski definition) is 1. The molecule has 0 saturated carbocycles. The third kappa shape index (κ3) is 3.15. The Labute approximate surface area is 129 Å². The molecule has 3 rings (SSSR count). The van der Waals surface area contributed by atoms with Crippen molar-refractivity contribution in [2.75, 3.05) is 0 Å². The smallest absolute Gasteiger partial charge is 0.416 e. The molecule has 0 heterocycles. The molecule has 0 aliphatic heterocycles. The van der Waals surface area contributed by atoms with Crippen LogP contribution in [0.25, 0.3) is 10.8 Å². The Morgan fingerprint density at radius 1 is 0.826 bits per heavy atom. The van der Waals surface area contributed by atoms with E-state index in [-0.39, 0.29) is 17.1 Å². The largest absolute Gasteiger partial charge is 0.506 e. The van der Waals surface area contributed by atoms with Crippen molar-refractivity contribution in [3.8, 4) is 5.75 Å². The van der Waals surface area contributed by atoms with E-state index in [9.17, 15) is 18.3 Å². The maximum absolute atomic E-state index is 12.7. The Bertz CT molecular complexity index is 888. The van der Waals surface area contributed by atoms with Crippen molar-refractivity contribution in [2.45, 2.75) is 6.18 Å². The third-order valence-electron chi connectivity index (χ3n) is 3.32. The number of rotatable bonds is 2. The Morgan fingerprint density at radius 3 is 2.39 bits per heavy atom. The van der Waals surface area contributed by atoms with Gasteiger partial charge in [-0.25, -0.2) is 0 Å². The lowest BCUT2D eigenvalue weighted by atomic mass is 10.1. The van der Waals surface area contributed by atoms with E-state index in [0.29, 0.717) is 5.39 Å². The van der Waals surface area contributed by atoms with Crippen LogP contribution in [-0.4, -0.2) is 5.11 Å². The van der Waals surface area contributed by atoms with Crippen LogP contribution in [-0.2, 0) is 6.18 Å². The van der Waals surface area contributed by atoms with Crippen LogP contribution in [0.3, 0.4) is 0 Å². The molecule has 3 aromatic rings. The maximum atomic E-state index is 12.7. The van der Waals surface area contributed by atoms with E-state index in [1.54, 1.807) is 18.2 Å². The fourth-order valence-corrected chi connectivity index (χ4v) is 2.20. The zero-order valence-electron chi connectivity index (χ0n) is 11.7. The molecule has 1 N–H and O–H groups in total. The highest BCUT2D eigenvalue weighted by molar-refractivity contribution is 5.95. The number of halogens is 3. The zero-order chi connectivity index (χ0) is 16.4. The van der Waals surface area contributed by atoms with Crippen LogP contribution in [0.5, 0.6) is 5.75 Å². The first kappa shape index (κ1) is 15.0. The van der Waals surface area contributed by atoms with Gasteiger partial charge in [0.1, 0.15) is 11.4 Å². The monoisotopic (exact) mass is 316 g/mol. The van der Waals surface area contributed by atoms with E-state index < -0.39 is 11.7 Å². The number of phenols is 1. The third-order valence-corrected chi connectivity index (χ3v) is 3.32. The minimum atomic E-state index is -4.44. The molecule has 0 amide bonds.